The van der Waals surface area contributed by atoms with E-state index in [1.165, 1.54) is 0 Å². The summed E-state index contributed by atoms with van der Waals surface area (Å²) in [7, 11) is 1.69. The van der Waals surface area contributed by atoms with Crippen molar-refractivity contribution in [2.24, 2.45) is 4.99 Å². The minimum absolute atomic E-state index is 0. The Kier molecular flexibility index (Phi) is 13.5. The molecule has 0 heterocycles. The van der Waals surface area contributed by atoms with Gasteiger partial charge in [0.15, 0.2) is 5.96 Å². The number of guanidine groups is 1. The molecule has 0 unspecified atom stereocenters. The molecular weight excluding hydrogens is 462 g/mol. The van der Waals surface area contributed by atoms with Gasteiger partial charge in [-0.15, -0.1) is 24.0 Å². The first-order valence-electron chi connectivity index (χ1n) is 8.19. The third-order valence-corrected chi connectivity index (χ3v) is 3.20. The third-order valence-electron chi connectivity index (χ3n) is 3.20. The van der Waals surface area contributed by atoms with E-state index in [0.717, 1.165) is 18.5 Å². The van der Waals surface area contributed by atoms with Crippen molar-refractivity contribution in [1.82, 2.24) is 10.6 Å². The molecule has 0 saturated heterocycles. The summed E-state index contributed by atoms with van der Waals surface area (Å²) in [6, 6.07) is 7.21. The van der Waals surface area contributed by atoms with Crippen LogP contribution in [-0.2, 0) is 22.6 Å². The molecule has 0 amide bonds. The van der Waals surface area contributed by atoms with Crippen LogP contribution in [0.2, 0.25) is 0 Å². The molecular formula is C17H27F3IN3O2. The molecule has 2 N–H and O–H groups in total. The van der Waals surface area contributed by atoms with E-state index in [0.29, 0.717) is 31.3 Å². The first kappa shape index (κ1) is 24.9. The third kappa shape index (κ3) is 12.3. The van der Waals surface area contributed by atoms with E-state index in [2.05, 4.69) is 20.4 Å². The zero-order valence-corrected chi connectivity index (χ0v) is 17.4. The molecule has 5 nitrogen and oxygen atoms in total. The van der Waals surface area contributed by atoms with Crippen molar-refractivity contribution in [3.63, 3.8) is 0 Å². The maximum atomic E-state index is 12.0. The van der Waals surface area contributed by atoms with Gasteiger partial charge in [-0.3, -0.25) is 4.99 Å². The van der Waals surface area contributed by atoms with Gasteiger partial charge in [0.1, 0.15) is 6.61 Å². The first-order valence-corrected chi connectivity index (χ1v) is 8.19. The average molecular weight is 489 g/mol. The van der Waals surface area contributed by atoms with Crippen molar-refractivity contribution in [1.29, 1.82) is 0 Å². The number of rotatable bonds is 10. The Balaban J connectivity index is 0.00000625. The second kappa shape index (κ2) is 14.0. The van der Waals surface area contributed by atoms with Crippen LogP contribution in [0.25, 0.3) is 0 Å². The highest BCUT2D eigenvalue weighted by Crippen LogP contribution is 2.15. The molecule has 0 spiro atoms. The number of alkyl halides is 3. The lowest BCUT2D eigenvalue weighted by molar-refractivity contribution is -0.176. The number of nitrogens with zero attached hydrogens (tertiary/aromatic N) is 1. The van der Waals surface area contributed by atoms with Gasteiger partial charge in [0.2, 0.25) is 0 Å². The van der Waals surface area contributed by atoms with Gasteiger partial charge in [0.05, 0.1) is 6.61 Å². The van der Waals surface area contributed by atoms with Crippen LogP contribution in [0.1, 0.15) is 24.5 Å². The normalized spacial score (nSPS) is 11.8. The van der Waals surface area contributed by atoms with Gasteiger partial charge in [-0.1, -0.05) is 24.3 Å². The van der Waals surface area contributed by atoms with Crippen LogP contribution < -0.4 is 10.6 Å². The van der Waals surface area contributed by atoms with Gasteiger partial charge in [-0.25, -0.2) is 0 Å². The lowest BCUT2D eigenvalue weighted by Crippen LogP contribution is -2.37. The highest BCUT2D eigenvalue weighted by atomic mass is 127. The number of nitrogens with one attached hydrogen (secondary N) is 2. The highest BCUT2D eigenvalue weighted by molar-refractivity contribution is 14.0. The second-order valence-corrected chi connectivity index (χ2v) is 5.33. The van der Waals surface area contributed by atoms with Crippen molar-refractivity contribution in [2.45, 2.75) is 32.7 Å². The monoisotopic (exact) mass is 489 g/mol. The Morgan fingerprint density at radius 3 is 2.31 bits per heavy atom. The topological polar surface area (TPSA) is 54.9 Å². The van der Waals surface area contributed by atoms with Crippen LogP contribution in [0.15, 0.2) is 29.3 Å². The van der Waals surface area contributed by atoms with Crippen LogP contribution in [0.4, 0.5) is 13.2 Å². The molecule has 150 valence electrons. The molecule has 0 aliphatic rings. The molecule has 0 atom stereocenters. The van der Waals surface area contributed by atoms with E-state index in [9.17, 15) is 13.2 Å². The number of aliphatic imine (C=N–C) groups is 1. The van der Waals surface area contributed by atoms with Crippen molar-refractivity contribution in [3.8, 4) is 0 Å². The predicted octanol–water partition coefficient (Wildman–Crippen LogP) is 3.48. The Morgan fingerprint density at radius 2 is 1.73 bits per heavy atom. The molecule has 1 aromatic carbocycles. The summed E-state index contributed by atoms with van der Waals surface area (Å²) in [4.78, 5) is 4.13. The van der Waals surface area contributed by atoms with E-state index in [-0.39, 0.29) is 30.6 Å². The largest absolute Gasteiger partial charge is 0.411 e. The molecule has 0 radical (unpaired) electrons. The molecule has 0 bridgehead atoms. The predicted molar refractivity (Wildman–Crippen MR) is 107 cm³/mol. The summed E-state index contributed by atoms with van der Waals surface area (Å²) in [6.07, 6.45) is -3.41. The minimum Gasteiger partial charge on any atom is -0.382 e. The molecule has 9 heteroatoms. The van der Waals surface area contributed by atoms with E-state index in [1.807, 2.05) is 19.1 Å². The van der Waals surface area contributed by atoms with E-state index < -0.39 is 12.8 Å². The summed E-state index contributed by atoms with van der Waals surface area (Å²) in [6.45, 7) is 3.41. The fraction of sp³-hybridized carbons (Fsp3) is 0.588. The van der Waals surface area contributed by atoms with Gasteiger partial charge >= 0.3 is 6.18 Å². The summed E-state index contributed by atoms with van der Waals surface area (Å²) >= 11 is 0. The molecule has 1 aromatic rings. The van der Waals surface area contributed by atoms with Crippen LogP contribution in [0.5, 0.6) is 0 Å². The number of hydrogen-bond acceptors (Lipinski definition) is 3. The van der Waals surface area contributed by atoms with Crippen molar-refractivity contribution >= 4 is 29.9 Å². The Hall–Kier alpha value is -1.07. The van der Waals surface area contributed by atoms with Gasteiger partial charge in [0, 0.05) is 33.4 Å². The van der Waals surface area contributed by atoms with E-state index >= 15 is 0 Å². The zero-order valence-electron chi connectivity index (χ0n) is 15.1. The summed E-state index contributed by atoms with van der Waals surface area (Å²) in [5.41, 5.74) is 1.70. The Bertz CT molecular complexity index is 511. The Labute approximate surface area is 169 Å². The fourth-order valence-corrected chi connectivity index (χ4v) is 1.97. The van der Waals surface area contributed by atoms with E-state index in [4.69, 9.17) is 4.74 Å². The highest BCUT2D eigenvalue weighted by Gasteiger charge is 2.27. The van der Waals surface area contributed by atoms with Crippen LogP contribution in [0.3, 0.4) is 0 Å². The lowest BCUT2D eigenvalue weighted by atomic mass is 10.1. The smallest absolute Gasteiger partial charge is 0.382 e. The number of halogens is 4. The van der Waals surface area contributed by atoms with Crippen molar-refractivity contribution < 1.29 is 22.6 Å². The molecule has 0 aliphatic carbocycles. The Morgan fingerprint density at radius 1 is 1.08 bits per heavy atom. The van der Waals surface area contributed by atoms with Gasteiger partial charge in [-0.05, 0) is 24.5 Å². The molecule has 0 fully saturated rings. The van der Waals surface area contributed by atoms with Gasteiger partial charge in [-0.2, -0.15) is 13.2 Å². The fourth-order valence-electron chi connectivity index (χ4n) is 1.97. The van der Waals surface area contributed by atoms with Crippen molar-refractivity contribution in [3.05, 3.63) is 35.4 Å². The molecule has 0 aromatic heterocycles. The van der Waals surface area contributed by atoms with Crippen LogP contribution in [-0.4, -0.2) is 45.5 Å². The average Bonchev–Trinajstić information content (AvgIpc) is 2.57. The zero-order chi connectivity index (χ0) is 18.5. The quantitative estimate of drug-likeness (QED) is 0.229. The van der Waals surface area contributed by atoms with Crippen LogP contribution in [0, 0.1) is 0 Å². The van der Waals surface area contributed by atoms with Gasteiger partial charge in [0.25, 0.3) is 0 Å². The maximum absolute atomic E-state index is 12.0. The lowest BCUT2D eigenvalue weighted by Gasteiger charge is -2.12. The minimum atomic E-state index is -4.30. The molecule has 0 saturated carbocycles. The second-order valence-electron chi connectivity index (χ2n) is 5.33. The number of benzene rings is 1. The summed E-state index contributed by atoms with van der Waals surface area (Å²) < 4.78 is 46.0. The molecule has 1 rings (SSSR count). The summed E-state index contributed by atoms with van der Waals surface area (Å²) in [5, 5.41) is 6.36. The summed E-state index contributed by atoms with van der Waals surface area (Å²) in [5.74, 6) is 0.689. The standard InChI is InChI=1S/C17H26F3N3O2.HI/c1-3-24-10-4-9-22-16(21-2)23-11-14-5-7-15(8-6-14)12-25-13-17(18,19)20;/h5-8H,3-4,9-13H2,1-2H3,(H2,21,22,23);1H. The SMILES string of the molecule is CCOCCCNC(=NC)NCc1ccc(COCC(F)(F)F)cc1.I. The first-order chi connectivity index (χ1) is 11.9. The van der Waals surface area contributed by atoms with Gasteiger partial charge < -0.3 is 20.1 Å². The molecule has 26 heavy (non-hydrogen) atoms. The number of hydrogen-bond donors (Lipinski definition) is 2. The van der Waals surface area contributed by atoms with Crippen LogP contribution >= 0.6 is 24.0 Å². The number of ether oxygens (including phenoxy) is 2. The molecule has 0 aliphatic heterocycles. The van der Waals surface area contributed by atoms with E-state index in [1.54, 1.807) is 19.2 Å². The van der Waals surface area contributed by atoms with Crippen molar-refractivity contribution in [2.75, 3.05) is 33.4 Å². The maximum Gasteiger partial charge on any atom is 0.411 e.